The minimum atomic E-state index is -4.78. The predicted octanol–water partition coefficient (Wildman–Crippen LogP) is 5.19. The highest BCUT2D eigenvalue weighted by atomic mass is 32.2. The Labute approximate surface area is 333 Å². The minimum absolute atomic E-state index is 0.0629. The lowest BCUT2D eigenvalue weighted by Crippen LogP contribution is -2.53. The topological polar surface area (TPSA) is 239 Å². The predicted molar refractivity (Wildman–Crippen MR) is 207 cm³/mol. The van der Waals surface area contributed by atoms with E-state index in [9.17, 15) is 46.7 Å². The number of nitro groups is 2. The maximum absolute atomic E-state index is 14.1. The Morgan fingerprint density at radius 2 is 0.897 bits per heavy atom. The summed E-state index contributed by atoms with van der Waals surface area (Å²) in [6.07, 6.45) is -5.13. The fourth-order valence-electron chi connectivity index (χ4n) is 6.14. The van der Waals surface area contributed by atoms with Gasteiger partial charge in [-0.15, -0.1) is 0 Å². The van der Waals surface area contributed by atoms with Crippen LogP contribution in [0.25, 0.3) is 0 Å². The minimum Gasteiger partial charge on any atom is -0.495 e. The maximum atomic E-state index is 14.1. The Bertz CT molecular complexity index is 2240. The van der Waals surface area contributed by atoms with Crippen LogP contribution in [-0.2, 0) is 29.5 Å². The van der Waals surface area contributed by atoms with Crippen molar-refractivity contribution in [1.29, 1.82) is 0 Å². The molecule has 0 aliphatic carbocycles. The summed E-state index contributed by atoms with van der Waals surface area (Å²) in [4.78, 5) is 50.0. The van der Waals surface area contributed by atoms with E-state index in [0.717, 1.165) is 24.3 Å². The van der Waals surface area contributed by atoms with Crippen molar-refractivity contribution >= 4 is 55.0 Å². The number of carbonyl (C=O) groups excluding carboxylic acids is 2. The van der Waals surface area contributed by atoms with Gasteiger partial charge in [0.25, 0.3) is 31.4 Å². The molecule has 308 valence electrons. The third-order valence-electron chi connectivity index (χ3n) is 8.84. The number of nitro benzene ring substituents is 2. The first-order valence-electron chi connectivity index (χ1n) is 17.3. The van der Waals surface area contributed by atoms with Crippen LogP contribution in [0.3, 0.4) is 0 Å². The van der Waals surface area contributed by atoms with E-state index in [2.05, 4.69) is 0 Å². The number of rotatable bonds is 14. The van der Waals surface area contributed by atoms with Gasteiger partial charge < -0.3 is 28.7 Å². The average Bonchev–Trinajstić information content (AvgIpc) is 3.21. The molecule has 4 aromatic rings. The zero-order chi connectivity index (χ0) is 42.4. The Kier molecular flexibility index (Phi) is 12.9. The third-order valence-corrected chi connectivity index (χ3v) is 12.7. The van der Waals surface area contributed by atoms with Crippen molar-refractivity contribution in [1.82, 2.24) is 9.80 Å². The second kappa shape index (κ2) is 17.6. The number of amides is 2. The van der Waals surface area contributed by atoms with Gasteiger partial charge in [-0.3, -0.25) is 20.2 Å². The van der Waals surface area contributed by atoms with E-state index in [0.29, 0.717) is 8.61 Å². The first kappa shape index (κ1) is 42.5. The van der Waals surface area contributed by atoms with Crippen molar-refractivity contribution in [2.24, 2.45) is 0 Å². The molecule has 0 spiro atoms. The maximum Gasteiger partial charge on any atom is 0.411 e. The number of carbonyl (C=O) groups is 2. The molecular weight excluding hydrogens is 805 g/mol. The largest absolute Gasteiger partial charge is 0.495 e. The summed E-state index contributed by atoms with van der Waals surface area (Å²) < 4.78 is 79.9. The van der Waals surface area contributed by atoms with E-state index in [1.165, 1.54) is 98.5 Å². The number of anilines is 2. The quantitative estimate of drug-likeness (QED) is 0.0902. The second-order valence-electron chi connectivity index (χ2n) is 12.3. The Balaban J connectivity index is 1.33. The van der Waals surface area contributed by atoms with Crippen molar-refractivity contribution < 1.29 is 55.2 Å². The molecule has 0 bridgehead atoms. The van der Waals surface area contributed by atoms with Crippen LogP contribution >= 0.6 is 0 Å². The summed E-state index contributed by atoms with van der Waals surface area (Å²) in [6, 6.07) is 21.2. The molecule has 0 aromatic heterocycles. The van der Waals surface area contributed by atoms with Gasteiger partial charge in [-0.1, -0.05) is 48.5 Å². The third kappa shape index (κ3) is 8.66. The monoisotopic (exact) mass is 842 g/mol. The van der Waals surface area contributed by atoms with Gasteiger partial charge in [0.05, 0.1) is 35.4 Å². The Morgan fingerprint density at radius 3 is 1.22 bits per heavy atom. The number of hydrogen-bond donors (Lipinski definition) is 0. The van der Waals surface area contributed by atoms with E-state index < -0.39 is 75.7 Å². The van der Waals surface area contributed by atoms with Crippen LogP contribution in [-0.4, -0.2) is 102 Å². The molecule has 22 heteroatoms. The van der Waals surface area contributed by atoms with Gasteiger partial charge in [0.1, 0.15) is 11.5 Å². The fraction of sp³-hybridized carbons (Fsp3) is 0.278. The van der Waals surface area contributed by atoms with Gasteiger partial charge in [-0.05, 0) is 50.2 Å². The number of hydrogen-bond acceptors (Lipinski definition) is 14. The van der Waals surface area contributed by atoms with Crippen molar-refractivity contribution in [2.75, 3.05) is 49.0 Å². The lowest BCUT2D eigenvalue weighted by molar-refractivity contribution is -0.388. The highest BCUT2D eigenvalue weighted by Crippen LogP contribution is 2.38. The SMILES string of the molecule is COc1ccccc1N([C@@H](C)OC(=O)N1CCN(C(=O)O[C@H](C)N(c2ccccc2OC)S(=O)(=O)c2ccccc2[N+](=O)[O-])CC1)S(=O)(=O)c1ccccc1[N+](=O)[O-]. The van der Waals surface area contributed by atoms with E-state index in [4.69, 9.17) is 18.9 Å². The molecule has 0 unspecified atom stereocenters. The Hall–Kier alpha value is -6.68. The lowest BCUT2D eigenvalue weighted by atomic mass is 10.3. The molecule has 1 fully saturated rings. The van der Waals surface area contributed by atoms with Crippen LogP contribution < -0.4 is 18.1 Å². The molecule has 20 nitrogen and oxygen atoms in total. The molecule has 1 saturated heterocycles. The van der Waals surface area contributed by atoms with E-state index in [1.807, 2.05) is 0 Å². The highest BCUT2D eigenvalue weighted by molar-refractivity contribution is 7.93. The number of nitrogens with zero attached hydrogens (tertiary/aromatic N) is 6. The molecule has 1 aliphatic heterocycles. The summed E-state index contributed by atoms with van der Waals surface area (Å²) in [6.45, 7) is 1.99. The molecule has 0 N–H and O–H groups in total. The molecule has 1 heterocycles. The number of ether oxygens (including phenoxy) is 4. The lowest BCUT2D eigenvalue weighted by Gasteiger charge is -2.37. The van der Waals surface area contributed by atoms with E-state index in [1.54, 1.807) is 12.1 Å². The second-order valence-corrected chi connectivity index (χ2v) is 15.9. The summed E-state index contributed by atoms with van der Waals surface area (Å²) in [5.74, 6) is 0.126. The summed E-state index contributed by atoms with van der Waals surface area (Å²) in [5, 5.41) is 23.6. The van der Waals surface area contributed by atoms with E-state index >= 15 is 0 Å². The Morgan fingerprint density at radius 1 is 0.586 bits per heavy atom. The summed E-state index contributed by atoms with van der Waals surface area (Å²) in [5.41, 5.74) is -1.56. The number of para-hydroxylation sites is 6. The van der Waals surface area contributed by atoms with Crippen LogP contribution in [0.1, 0.15) is 13.8 Å². The molecule has 58 heavy (non-hydrogen) atoms. The molecule has 0 radical (unpaired) electrons. The fourth-order valence-corrected chi connectivity index (χ4v) is 9.56. The average molecular weight is 843 g/mol. The first-order chi connectivity index (χ1) is 27.5. The summed E-state index contributed by atoms with van der Waals surface area (Å²) in [7, 11) is -6.97. The smallest absolute Gasteiger partial charge is 0.411 e. The van der Waals surface area contributed by atoms with Crippen molar-refractivity contribution in [3.63, 3.8) is 0 Å². The van der Waals surface area contributed by atoms with E-state index in [-0.39, 0.29) is 49.1 Å². The van der Waals surface area contributed by atoms with Gasteiger partial charge in [-0.25, -0.2) is 35.0 Å². The van der Waals surface area contributed by atoms with Gasteiger partial charge in [0.15, 0.2) is 22.2 Å². The van der Waals surface area contributed by atoms with Crippen molar-refractivity contribution in [3.8, 4) is 11.5 Å². The standard InChI is InChI=1S/C36H38N6O14S2/c1-25(39(27-13-5-9-17-31(27)53-3)57(49,50)33-19-11-7-15-29(33)41(45)46)55-35(43)37-21-23-38(24-22-37)36(44)56-26(2)40(28-14-6-10-18-32(28)54-4)58(51,52)34-20-12-8-16-30(34)42(47)48/h5-20,25-26H,21-24H2,1-4H3/t25-,26-/m1/s1. The first-order valence-corrected chi connectivity index (χ1v) is 20.2. The van der Waals surface area contributed by atoms with Crippen LogP contribution in [0.4, 0.5) is 32.3 Å². The summed E-state index contributed by atoms with van der Waals surface area (Å²) >= 11 is 0. The zero-order valence-electron chi connectivity index (χ0n) is 31.4. The molecule has 1 aliphatic rings. The van der Waals surface area contributed by atoms with Gasteiger partial charge in [0, 0.05) is 38.3 Å². The number of piperazine rings is 1. The molecular formula is C36H38N6O14S2. The molecule has 2 amide bonds. The number of sulfonamides is 2. The van der Waals surface area contributed by atoms with Crippen molar-refractivity contribution in [3.05, 3.63) is 117 Å². The van der Waals surface area contributed by atoms with Gasteiger partial charge >= 0.3 is 12.2 Å². The normalized spacial score (nSPS) is 14.1. The van der Waals surface area contributed by atoms with Crippen LogP contribution in [0.5, 0.6) is 11.5 Å². The van der Waals surface area contributed by atoms with Crippen LogP contribution in [0.15, 0.2) is 107 Å². The highest BCUT2D eigenvalue weighted by Gasteiger charge is 2.41. The molecule has 4 aromatic carbocycles. The van der Waals surface area contributed by atoms with Crippen LogP contribution in [0.2, 0.25) is 0 Å². The zero-order valence-corrected chi connectivity index (χ0v) is 33.1. The number of benzene rings is 4. The van der Waals surface area contributed by atoms with Gasteiger partial charge in [0.2, 0.25) is 0 Å². The molecule has 0 saturated carbocycles. The van der Waals surface area contributed by atoms with Crippen molar-refractivity contribution in [2.45, 2.75) is 36.1 Å². The molecule has 5 rings (SSSR count). The molecule has 2 atom stereocenters. The van der Waals surface area contributed by atoms with Crippen LogP contribution in [0, 0.1) is 20.2 Å². The number of methoxy groups -OCH3 is 2. The van der Waals surface area contributed by atoms with Gasteiger partial charge in [-0.2, -0.15) is 0 Å².